The van der Waals surface area contributed by atoms with Gasteiger partial charge in [0.15, 0.2) is 0 Å². The third-order valence-corrected chi connectivity index (χ3v) is 3.92. The van der Waals surface area contributed by atoms with Crippen molar-refractivity contribution >= 4 is 11.8 Å². The highest BCUT2D eigenvalue weighted by Gasteiger charge is 2.20. The number of hydrogen-bond acceptors (Lipinski definition) is 4. The molecule has 0 aromatic carbocycles. The molecule has 14 heavy (non-hydrogen) atoms. The van der Waals surface area contributed by atoms with Gasteiger partial charge in [-0.1, -0.05) is 0 Å². The minimum Gasteiger partial charge on any atom is -0.395 e. The maximum Gasteiger partial charge on any atom is 0.0564 e. The minimum absolute atomic E-state index is 0.249. The Hall–Kier alpha value is 0.230. The highest BCUT2D eigenvalue weighted by Crippen LogP contribution is 2.13. The predicted octanol–water partition coefficient (Wildman–Crippen LogP) is 0.867. The van der Waals surface area contributed by atoms with Gasteiger partial charge in [-0.15, -0.1) is 0 Å². The van der Waals surface area contributed by atoms with Crippen LogP contribution in [0, 0.1) is 0 Å². The molecular formula is C10H21NO2S. The molecular weight excluding hydrogens is 198 g/mol. The van der Waals surface area contributed by atoms with E-state index < -0.39 is 0 Å². The fourth-order valence-electron chi connectivity index (χ4n) is 1.78. The maximum absolute atomic E-state index is 9.14. The first-order valence-corrected chi connectivity index (χ1v) is 6.54. The van der Waals surface area contributed by atoms with Gasteiger partial charge >= 0.3 is 0 Å². The average molecular weight is 219 g/mol. The van der Waals surface area contributed by atoms with Crippen molar-refractivity contribution in [2.45, 2.75) is 37.1 Å². The van der Waals surface area contributed by atoms with Crippen molar-refractivity contribution in [2.24, 2.45) is 0 Å². The number of thioether (sulfide) groups is 1. The lowest BCUT2D eigenvalue weighted by molar-refractivity contribution is 0.0747. The lowest BCUT2D eigenvalue weighted by atomic mass is 10.1. The van der Waals surface area contributed by atoms with Gasteiger partial charge in [0.2, 0.25) is 0 Å². The molecule has 1 aliphatic rings. The Morgan fingerprint density at radius 3 is 2.64 bits per heavy atom. The minimum atomic E-state index is 0.249. The third-order valence-electron chi connectivity index (χ3n) is 2.76. The van der Waals surface area contributed by atoms with Gasteiger partial charge in [0.25, 0.3) is 0 Å². The first kappa shape index (κ1) is 12.3. The van der Waals surface area contributed by atoms with E-state index in [-0.39, 0.29) is 6.61 Å². The van der Waals surface area contributed by atoms with Crippen LogP contribution in [0.15, 0.2) is 0 Å². The van der Waals surface area contributed by atoms with Gasteiger partial charge in [0.05, 0.1) is 6.61 Å². The summed E-state index contributed by atoms with van der Waals surface area (Å²) in [5.41, 5.74) is 0. The summed E-state index contributed by atoms with van der Waals surface area (Å²) >= 11 is 1.72. The largest absolute Gasteiger partial charge is 0.395 e. The summed E-state index contributed by atoms with van der Waals surface area (Å²) < 4.78 is 5.30. The molecule has 0 aromatic rings. The van der Waals surface area contributed by atoms with E-state index in [1.54, 1.807) is 11.8 Å². The standard InChI is InChI=1S/C10H21NO2S/c1-8(10(7-12)14-2)11-9-3-5-13-6-4-9/h8-12H,3-7H2,1-2H3. The topological polar surface area (TPSA) is 41.5 Å². The molecule has 0 bridgehead atoms. The van der Waals surface area contributed by atoms with Gasteiger partial charge < -0.3 is 15.2 Å². The molecule has 4 heteroatoms. The van der Waals surface area contributed by atoms with Crippen LogP contribution >= 0.6 is 11.8 Å². The van der Waals surface area contributed by atoms with Crippen LogP contribution in [-0.2, 0) is 4.74 Å². The van der Waals surface area contributed by atoms with E-state index in [1.165, 1.54) is 0 Å². The van der Waals surface area contributed by atoms with Crippen molar-refractivity contribution < 1.29 is 9.84 Å². The third kappa shape index (κ3) is 3.77. The summed E-state index contributed by atoms with van der Waals surface area (Å²) in [7, 11) is 0. The molecule has 2 unspecified atom stereocenters. The van der Waals surface area contributed by atoms with Crippen LogP contribution < -0.4 is 5.32 Å². The summed E-state index contributed by atoms with van der Waals surface area (Å²) in [6, 6.07) is 0.943. The van der Waals surface area contributed by atoms with Crippen molar-refractivity contribution in [3.63, 3.8) is 0 Å². The van der Waals surface area contributed by atoms with E-state index in [9.17, 15) is 0 Å². The molecule has 0 aromatic heterocycles. The summed E-state index contributed by atoms with van der Waals surface area (Å²) in [5.74, 6) is 0. The zero-order valence-corrected chi connectivity index (χ0v) is 9.85. The Labute approximate surface area is 90.6 Å². The Bertz CT molecular complexity index is 147. The molecule has 1 heterocycles. The second-order valence-electron chi connectivity index (χ2n) is 3.80. The van der Waals surface area contributed by atoms with Crippen LogP contribution in [0.25, 0.3) is 0 Å². The second-order valence-corrected chi connectivity index (χ2v) is 4.88. The normalized spacial score (nSPS) is 23.4. The van der Waals surface area contributed by atoms with Crippen LogP contribution in [0.3, 0.4) is 0 Å². The zero-order chi connectivity index (χ0) is 10.4. The molecule has 0 aliphatic carbocycles. The van der Waals surface area contributed by atoms with Crippen molar-refractivity contribution in [1.29, 1.82) is 0 Å². The first-order valence-electron chi connectivity index (χ1n) is 5.25. The number of aliphatic hydroxyl groups is 1. The van der Waals surface area contributed by atoms with Crippen LogP contribution in [0.5, 0.6) is 0 Å². The highest BCUT2D eigenvalue weighted by molar-refractivity contribution is 7.99. The van der Waals surface area contributed by atoms with E-state index in [1.807, 2.05) is 6.26 Å². The Morgan fingerprint density at radius 1 is 1.50 bits per heavy atom. The lowest BCUT2D eigenvalue weighted by Gasteiger charge is -2.29. The Kier molecular flexibility index (Phi) is 5.86. The van der Waals surface area contributed by atoms with Gasteiger partial charge in [0, 0.05) is 30.5 Å². The fourth-order valence-corrected chi connectivity index (χ4v) is 2.42. The Morgan fingerprint density at radius 2 is 2.14 bits per heavy atom. The first-order chi connectivity index (χ1) is 6.77. The van der Waals surface area contributed by atoms with Gasteiger partial charge in [-0.2, -0.15) is 11.8 Å². The number of rotatable bonds is 5. The molecule has 2 atom stereocenters. The average Bonchev–Trinajstić information content (AvgIpc) is 2.21. The number of ether oxygens (including phenoxy) is 1. The molecule has 0 radical (unpaired) electrons. The van der Waals surface area contributed by atoms with Crippen molar-refractivity contribution in [3.05, 3.63) is 0 Å². The quantitative estimate of drug-likeness (QED) is 0.720. The van der Waals surface area contributed by atoms with Gasteiger partial charge in [-0.05, 0) is 26.0 Å². The molecule has 1 rings (SSSR count). The molecule has 0 saturated carbocycles. The Balaban J connectivity index is 2.26. The van der Waals surface area contributed by atoms with Crippen molar-refractivity contribution in [3.8, 4) is 0 Å². The predicted molar refractivity (Wildman–Crippen MR) is 60.8 cm³/mol. The highest BCUT2D eigenvalue weighted by atomic mass is 32.2. The van der Waals surface area contributed by atoms with Gasteiger partial charge in [0.1, 0.15) is 0 Å². The molecule has 0 spiro atoms. The number of hydrogen-bond donors (Lipinski definition) is 2. The fraction of sp³-hybridized carbons (Fsp3) is 1.00. The second kappa shape index (κ2) is 6.67. The summed E-state index contributed by atoms with van der Waals surface area (Å²) in [6.07, 6.45) is 4.23. The monoisotopic (exact) mass is 219 g/mol. The van der Waals surface area contributed by atoms with Gasteiger partial charge in [-0.3, -0.25) is 0 Å². The maximum atomic E-state index is 9.14. The number of aliphatic hydroxyl groups excluding tert-OH is 1. The van der Waals surface area contributed by atoms with Crippen molar-refractivity contribution in [1.82, 2.24) is 5.32 Å². The van der Waals surface area contributed by atoms with Crippen LogP contribution in [0.2, 0.25) is 0 Å². The summed E-state index contributed by atoms with van der Waals surface area (Å²) in [5, 5.41) is 13.0. The summed E-state index contributed by atoms with van der Waals surface area (Å²) in [4.78, 5) is 0. The van der Waals surface area contributed by atoms with E-state index in [2.05, 4.69) is 12.2 Å². The van der Waals surface area contributed by atoms with Gasteiger partial charge in [-0.25, -0.2) is 0 Å². The molecule has 1 aliphatic heterocycles. The molecule has 1 saturated heterocycles. The molecule has 1 fully saturated rings. The van der Waals surface area contributed by atoms with E-state index in [4.69, 9.17) is 9.84 Å². The molecule has 3 nitrogen and oxygen atoms in total. The lowest BCUT2D eigenvalue weighted by Crippen LogP contribution is -2.45. The zero-order valence-electron chi connectivity index (χ0n) is 9.03. The van der Waals surface area contributed by atoms with E-state index in [0.29, 0.717) is 17.3 Å². The van der Waals surface area contributed by atoms with E-state index in [0.717, 1.165) is 26.1 Å². The molecule has 2 N–H and O–H groups in total. The van der Waals surface area contributed by atoms with Crippen molar-refractivity contribution in [2.75, 3.05) is 26.1 Å². The van der Waals surface area contributed by atoms with Crippen LogP contribution in [-0.4, -0.2) is 48.5 Å². The van der Waals surface area contributed by atoms with Crippen LogP contribution in [0.1, 0.15) is 19.8 Å². The smallest absolute Gasteiger partial charge is 0.0564 e. The van der Waals surface area contributed by atoms with E-state index >= 15 is 0 Å². The number of nitrogens with one attached hydrogen (secondary N) is 1. The molecule has 0 amide bonds. The van der Waals surface area contributed by atoms with Crippen LogP contribution in [0.4, 0.5) is 0 Å². The SMILES string of the molecule is CSC(CO)C(C)NC1CCOCC1. The summed E-state index contributed by atoms with van der Waals surface area (Å²) in [6.45, 7) is 4.13. The molecule has 84 valence electrons.